The summed E-state index contributed by atoms with van der Waals surface area (Å²) in [6.45, 7) is 4.00. The number of amides is 3. The Labute approximate surface area is 112 Å². The molecule has 19 heavy (non-hydrogen) atoms. The summed E-state index contributed by atoms with van der Waals surface area (Å²) in [4.78, 5) is 25.4. The summed E-state index contributed by atoms with van der Waals surface area (Å²) in [5.74, 6) is -0.239. The summed E-state index contributed by atoms with van der Waals surface area (Å²) in [6, 6.07) is -0.414. The first-order valence-corrected chi connectivity index (χ1v) is 6.70. The van der Waals surface area contributed by atoms with E-state index in [1.807, 2.05) is 6.92 Å². The van der Waals surface area contributed by atoms with Crippen LogP contribution in [0.5, 0.6) is 0 Å². The third-order valence-corrected chi connectivity index (χ3v) is 3.62. The maximum Gasteiger partial charge on any atom is 0.325 e. The minimum Gasteiger partial charge on any atom is -0.390 e. The maximum absolute atomic E-state index is 12.4. The molecule has 2 aliphatic rings. The highest BCUT2D eigenvalue weighted by molar-refractivity contribution is 6.07. The number of hydrogen-bond acceptors (Lipinski definition) is 5. The van der Waals surface area contributed by atoms with Crippen molar-refractivity contribution in [2.75, 3.05) is 32.8 Å². The number of hydrogen-bond donors (Lipinski definition) is 3. The number of carbonyl (C=O) groups excluding carboxylic acids is 2. The summed E-state index contributed by atoms with van der Waals surface area (Å²) in [5.41, 5.74) is -0.812. The van der Waals surface area contributed by atoms with Gasteiger partial charge >= 0.3 is 6.03 Å². The van der Waals surface area contributed by atoms with Crippen LogP contribution >= 0.6 is 0 Å². The number of β-amino-alcohol motifs (C(OH)–C–C–N with tert-alkyl or cyclic N) is 1. The Morgan fingerprint density at radius 1 is 1.47 bits per heavy atom. The molecule has 0 aromatic heterocycles. The van der Waals surface area contributed by atoms with E-state index in [-0.39, 0.29) is 12.5 Å². The van der Waals surface area contributed by atoms with Gasteiger partial charge in [-0.25, -0.2) is 4.79 Å². The second kappa shape index (κ2) is 5.85. The normalized spacial score (nSPS) is 23.8. The Morgan fingerprint density at radius 2 is 2.16 bits per heavy atom. The lowest BCUT2D eigenvalue weighted by molar-refractivity contribution is -0.135. The molecule has 3 N–H and O–H groups in total. The minimum absolute atomic E-state index is 0.0280. The highest BCUT2D eigenvalue weighted by Crippen LogP contribution is 2.28. The fourth-order valence-electron chi connectivity index (χ4n) is 2.49. The Kier molecular flexibility index (Phi) is 4.38. The number of imide groups is 1. The first-order valence-electron chi connectivity index (χ1n) is 6.70. The van der Waals surface area contributed by atoms with E-state index in [9.17, 15) is 14.7 Å². The van der Waals surface area contributed by atoms with Crippen LogP contribution in [-0.2, 0) is 9.53 Å². The van der Waals surface area contributed by atoms with Gasteiger partial charge in [0, 0.05) is 32.6 Å². The van der Waals surface area contributed by atoms with Gasteiger partial charge in [-0.1, -0.05) is 6.92 Å². The molecule has 108 valence electrons. The van der Waals surface area contributed by atoms with Crippen molar-refractivity contribution in [2.24, 2.45) is 0 Å². The van der Waals surface area contributed by atoms with Gasteiger partial charge in [-0.15, -0.1) is 0 Å². The van der Waals surface area contributed by atoms with E-state index in [0.717, 1.165) is 11.4 Å². The average molecular weight is 271 g/mol. The molecule has 0 radical (unpaired) electrons. The fraction of sp³-hybridized carbons (Fsp3) is 0.833. The molecule has 1 spiro atoms. The molecule has 1 atom stereocenters. The van der Waals surface area contributed by atoms with Gasteiger partial charge in [-0.05, 0) is 6.54 Å². The average Bonchev–Trinajstić information content (AvgIpc) is 2.62. The van der Waals surface area contributed by atoms with Crippen LogP contribution in [0.15, 0.2) is 0 Å². The van der Waals surface area contributed by atoms with Crippen LogP contribution in [0.2, 0.25) is 0 Å². The maximum atomic E-state index is 12.4. The number of rotatable bonds is 5. The lowest BCUT2D eigenvalue weighted by atomic mass is 9.90. The van der Waals surface area contributed by atoms with Gasteiger partial charge in [0.1, 0.15) is 5.54 Å². The molecule has 2 fully saturated rings. The predicted octanol–water partition coefficient (Wildman–Crippen LogP) is -0.942. The van der Waals surface area contributed by atoms with E-state index in [0.29, 0.717) is 32.6 Å². The molecule has 0 aliphatic carbocycles. The van der Waals surface area contributed by atoms with Crippen LogP contribution < -0.4 is 10.6 Å². The lowest BCUT2D eigenvalue weighted by Gasteiger charge is -2.30. The minimum atomic E-state index is -0.812. The van der Waals surface area contributed by atoms with E-state index < -0.39 is 17.7 Å². The number of likely N-dealkylation sites (N-methyl/N-ethyl adjacent to an activating group) is 1. The van der Waals surface area contributed by atoms with Crippen molar-refractivity contribution < 1.29 is 19.4 Å². The molecule has 0 aromatic carbocycles. The van der Waals surface area contributed by atoms with Crippen LogP contribution in [0.1, 0.15) is 19.8 Å². The second-order valence-corrected chi connectivity index (χ2v) is 5.00. The smallest absolute Gasteiger partial charge is 0.325 e. The Hall–Kier alpha value is -1.18. The van der Waals surface area contributed by atoms with Crippen molar-refractivity contribution in [3.8, 4) is 0 Å². The first kappa shape index (κ1) is 14.2. The van der Waals surface area contributed by atoms with Gasteiger partial charge in [0.2, 0.25) is 0 Å². The second-order valence-electron chi connectivity index (χ2n) is 5.00. The van der Waals surface area contributed by atoms with E-state index in [2.05, 4.69) is 10.6 Å². The van der Waals surface area contributed by atoms with Gasteiger partial charge < -0.3 is 20.5 Å². The molecule has 7 nitrogen and oxygen atoms in total. The molecule has 0 bridgehead atoms. The van der Waals surface area contributed by atoms with Crippen LogP contribution in [0.3, 0.4) is 0 Å². The van der Waals surface area contributed by atoms with Gasteiger partial charge in [-0.3, -0.25) is 9.69 Å². The SMILES string of the molecule is CCNCC(O)CN1C(=O)NC2(CCOCC2)C1=O. The quantitative estimate of drug-likeness (QED) is 0.561. The number of ether oxygens (including phenoxy) is 1. The highest BCUT2D eigenvalue weighted by atomic mass is 16.5. The standard InChI is InChI=1S/C12H21N3O4/c1-2-13-7-9(16)8-15-10(17)12(14-11(15)18)3-5-19-6-4-12/h9,13,16H,2-8H2,1H3,(H,14,18). The van der Waals surface area contributed by atoms with E-state index in [1.165, 1.54) is 0 Å². The number of aliphatic hydroxyl groups is 1. The molecule has 2 aliphatic heterocycles. The molecular formula is C12H21N3O4. The molecule has 2 saturated heterocycles. The predicted molar refractivity (Wildman–Crippen MR) is 67.6 cm³/mol. The van der Waals surface area contributed by atoms with Gasteiger partial charge in [-0.2, -0.15) is 0 Å². The number of aliphatic hydroxyl groups excluding tert-OH is 1. The number of nitrogens with one attached hydrogen (secondary N) is 2. The summed E-state index contributed by atoms with van der Waals surface area (Å²) in [5, 5.41) is 15.5. The van der Waals surface area contributed by atoms with Crippen LogP contribution in [0.4, 0.5) is 4.79 Å². The molecule has 0 saturated carbocycles. The molecule has 2 heterocycles. The zero-order valence-corrected chi connectivity index (χ0v) is 11.1. The number of carbonyl (C=O) groups is 2. The lowest BCUT2D eigenvalue weighted by Crippen LogP contribution is -2.51. The Balaban J connectivity index is 1.98. The van der Waals surface area contributed by atoms with E-state index in [1.54, 1.807) is 0 Å². The monoisotopic (exact) mass is 271 g/mol. The van der Waals surface area contributed by atoms with E-state index in [4.69, 9.17) is 4.74 Å². The van der Waals surface area contributed by atoms with E-state index >= 15 is 0 Å². The number of urea groups is 1. The molecule has 2 rings (SSSR count). The van der Waals surface area contributed by atoms with Crippen molar-refractivity contribution >= 4 is 11.9 Å². The summed E-state index contributed by atoms with van der Waals surface area (Å²) in [7, 11) is 0. The summed E-state index contributed by atoms with van der Waals surface area (Å²) in [6.07, 6.45) is 0.249. The molecule has 1 unspecified atom stereocenters. The van der Waals surface area contributed by atoms with Crippen LogP contribution in [-0.4, -0.2) is 66.4 Å². The fourth-order valence-corrected chi connectivity index (χ4v) is 2.49. The van der Waals surface area contributed by atoms with Crippen molar-refractivity contribution in [2.45, 2.75) is 31.4 Å². The van der Waals surface area contributed by atoms with Gasteiger partial charge in [0.25, 0.3) is 5.91 Å². The number of nitrogens with zero attached hydrogens (tertiary/aromatic N) is 1. The molecule has 0 aromatic rings. The first-order chi connectivity index (χ1) is 9.09. The zero-order chi connectivity index (χ0) is 13.9. The summed E-state index contributed by atoms with van der Waals surface area (Å²) < 4.78 is 5.23. The molecule has 7 heteroatoms. The van der Waals surface area contributed by atoms with Crippen molar-refractivity contribution in [3.63, 3.8) is 0 Å². The van der Waals surface area contributed by atoms with Gasteiger partial charge in [0.15, 0.2) is 0 Å². The Morgan fingerprint density at radius 3 is 2.79 bits per heavy atom. The van der Waals surface area contributed by atoms with Crippen molar-refractivity contribution in [3.05, 3.63) is 0 Å². The van der Waals surface area contributed by atoms with Crippen LogP contribution in [0, 0.1) is 0 Å². The zero-order valence-electron chi connectivity index (χ0n) is 11.1. The molecule has 3 amide bonds. The van der Waals surface area contributed by atoms with Crippen molar-refractivity contribution in [1.29, 1.82) is 0 Å². The molecular weight excluding hydrogens is 250 g/mol. The van der Waals surface area contributed by atoms with Crippen molar-refractivity contribution in [1.82, 2.24) is 15.5 Å². The largest absolute Gasteiger partial charge is 0.390 e. The third-order valence-electron chi connectivity index (χ3n) is 3.62. The topological polar surface area (TPSA) is 90.9 Å². The highest BCUT2D eigenvalue weighted by Gasteiger charge is 2.51. The Bertz CT molecular complexity index is 355. The summed E-state index contributed by atoms with van der Waals surface area (Å²) >= 11 is 0. The van der Waals surface area contributed by atoms with Crippen LogP contribution in [0.25, 0.3) is 0 Å². The third kappa shape index (κ3) is 2.88. The van der Waals surface area contributed by atoms with Gasteiger partial charge in [0.05, 0.1) is 12.6 Å².